The van der Waals surface area contributed by atoms with E-state index in [1.54, 1.807) is 12.1 Å². The van der Waals surface area contributed by atoms with Crippen molar-refractivity contribution in [1.29, 1.82) is 0 Å². The minimum absolute atomic E-state index is 0.0920. The van der Waals surface area contributed by atoms with Crippen molar-refractivity contribution in [3.63, 3.8) is 0 Å². The fourth-order valence-corrected chi connectivity index (χ4v) is 12.1. The third-order valence-corrected chi connectivity index (χ3v) is 14.8. The lowest BCUT2D eigenvalue weighted by Gasteiger charge is -2.57. The number of carbonyl (C=O) groups is 1. The quantitative estimate of drug-likeness (QED) is 0.0994. The van der Waals surface area contributed by atoms with Gasteiger partial charge in [0.05, 0.1) is 19.1 Å². The molecule has 9 unspecified atom stereocenters. The molecule has 5 aliphatic carbocycles. The number of fused-ring (bicyclic) bond motifs is 3. The maximum absolute atomic E-state index is 13.8. The predicted octanol–water partition coefficient (Wildman–Crippen LogP) is 8.26. The molecule has 8 rings (SSSR count). The van der Waals surface area contributed by atoms with Gasteiger partial charge in [-0.25, -0.2) is 0 Å². The second-order valence-electron chi connectivity index (χ2n) is 17.9. The van der Waals surface area contributed by atoms with Gasteiger partial charge in [-0.1, -0.05) is 105 Å². The van der Waals surface area contributed by atoms with Crippen molar-refractivity contribution in [1.82, 2.24) is 0 Å². The first kappa shape index (κ1) is 38.7. The topological polar surface area (TPSA) is 118 Å². The Kier molecular flexibility index (Phi) is 11.6. The van der Waals surface area contributed by atoms with E-state index in [-0.39, 0.29) is 42.6 Å². The Bertz CT molecular complexity index is 2060. The van der Waals surface area contributed by atoms with Gasteiger partial charge in [0.2, 0.25) is 0 Å². The molecule has 1 saturated carbocycles. The number of aryl methyl sites for hydroxylation is 1. The Morgan fingerprint density at radius 2 is 1.64 bits per heavy atom. The minimum atomic E-state index is -0.869. The van der Waals surface area contributed by atoms with Gasteiger partial charge in [0.1, 0.15) is 11.5 Å². The highest BCUT2D eigenvalue weighted by Gasteiger charge is 2.59. The molecule has 0 saturated heterocycles. The van der Waals surface area contributed by atoms with E-state index in [0.717, 1.165) is 80.2 Å². The lowest BCUT2D eigenvalue weighted by molar-refractivity contribution is -0.150. The summed E-state index contributed by atoms with van der Waals surface area (Å²) in [7, 11) is 0. The van der Waals surface area contributed by atoms with Crippen LogP contribution >= 0.6 is 0 Å². The number of carboxylic acid groups (broad SMARTS) is 1. The van der Waals surface area contributed by atoms with Crippen LogP contribution in [0.15, 0.2) is 90.5 Å². The first-order valence-electron chi connectivity index (χ1n) is 21.5. The number of aliphatic hydroxyl groups is 3. The summed E-state index contributed by atoms with van der Waals surface area (Å²) in [6.07, 6.45) is 22.5. The molecule has 0 heterocycles. The van der Waals surface area contributed by atoms with E-state index in [0.29, 0.717) is 24.0 Å². The molecule has 5 aliphatic rings. The Morgan fingerprint density at radius 1 is 0.839 bits per heavy atom. The van der Waals surface area contributed by atoms with Crippen LogP contribution in [0.5, 0.6) is 5.75 Å². The molecule has 3 aromatic carbocycles. The number of hydrogen-bond donors (Lipinski definition) is 5. The van der Waals surface area contributed by atoms with Crippen LogP contribution < -0.4 is 10.4 Å². The van der Waals surface area contributed by atoms with Gasteiger partial charge in [-0.15, -0.1) is 0 Å². The number of allylic oxidation sites excluding steroid dienone is 2. The highest BCUT2D eigenvalue weighted by Crippen LogP contribution is 2.60. The fourth-order valence-electron chi connectivity index (χ4n) is 12.1. The SMILES string of the molecule is O=C(O)C1C(CO)C=CCC(CCCCCCC2C=C(CO)CC2)C(c2ccc(O)cc2)Cc2ccc3c(c2)C12CC1C(O)=c4ccccc4=CC1CC2CC3. The van der Waals surface area contributed by atoms with Crippen molar-refractivity contribution in [2.45, 2.75) is 101 Å². The first-order chi connectivity index (χ1) is 27.3. The van der Waals surface area contributed by atoms with Gasteiger partial charge in [0.15, 0.2) is 0 Å². The van der Waals surface area contributed by atoms with E-state index < -0.39 is 23.2 Å². The Morgan fingerprint density at radius 3 is 2.41 bits per heavy atom. The minimum Gasteiger partial charge on any atom is -0.511 e. The molecule has 0 aromatic heterocycles. The molecular weight excluding hydrogens is 697 g/mol. The molecule has 2 bridgehead atoms. The largest absolute Gasteiger partial charge is 0.511 e. The lowest BCUT2D eigenvalue weighted by Crippen LogP contribution is -2.57. The van der Waals surface area contributed by atoms with Gasteiger partial charge in [-0.05, 0) is 139 Å². The van der Waals surface area contributed by atoms with E-state index in [4.69, 9.17) is 0 Å². The van der Waals surface area contributed by atoms with Gasteiger partial charge >= 0.3 is 5.97 Å². The molecule has 6 nitrogen and oxygen atoms in total. The first-order valence-corrected chi connectivity index (χ1v) is 21.5. The molecule has 1 spiro atoms. The van der Waals surface area contributed by atoms with Gasteiger partial charge in [0, 0.05) is 22.5 Å². The maximum Gasteiger partial charge on any atom is 0.308 e. The molecular formula is C50H60O6. The number of carboxylic acids is 1. The van der Waals surface area contributed by atoms with Crippen molar-refractivity contribution < 1.29 is 30.3 Å². The Balaban J connectivity index is 1.14. The normalized spacial score (nSPS) is 30.8. The third-order valence-electron chi connectivity index (χ3n) is 14.8. The summed E-state index contributed by atoms with van der Waals surface area (Å²) in [5.74, 6) is -0.560. The molecule has 1 fully saturated rings. The van der Waals surface area contributed by atoms with E-state index in [1.165, 1.54) is 41.5 Å². The number of benzene rings is 3. The molecule has 56 heavy (non-hydrogen) atoms. The van der Waals surface area contributed by atoms with Crippen LogP contribution in [0, 0.1) is 41.4 Å². The Labute approximate surface area is 332 Å². The van der Waals surface area contributed by atoms with E-state index in [9.17, 15) is 30.3 Å². The highest BCUT2D eigenvalue weighted by atomic mass is 16.4. The van der Waals surface area contributed by atoms with Crippen molar-refractivity contribution in [2.75, 3.05) is 13.2 Å². The molecule has 9 atom stereocenters. The van der Waals surface area contributed by atoms with E-state index >= 15 is 0 Å². The zero-order valence-electron chi connectivity index (χ0n) is 32.7. The van der Waals surface area contributed by atoms with Gasteiger partial charge < -0.3 is 25.5 Å². The number of aromatic hydroxyl groups is 1. The number of hydrogen-bond acceptors (Lipinski definition) is 5. The van der Waals surface area contributed by atoms with Crippen molar-refractivity contribution in [3.05, 3.63) is 123 Å². The number of unbranched alkanes of at least 4 members (excludes halogenated alkanes) is 3. The van der Waals surface area contributed by atoms with Crippen LogP contribution in [0.1, 0.15) is 105 Å². The number of phenols is 1. The maximum atomic E-state index is 13.8. The monoisotopic (exact) mass is 756 g/mol. The average molecular weight is 757 g/mol. The van der Waals surface area contributed by atoms with Gasteiger partial charge in [-0.3, -0.25) is 4.79 Å². The second-order valence-corrected chi connectivity index (χ2v) is 17.9. The van der Waals surface area contributed by atoms with Crippen molar-refractivity contribution in [3.8, 4) is 5.75 Å². The van der Waals surface area contributed by atoms with Crippen LogP contribution in [0.3, 0.4) is 0 Å². The predicted molar refractivity (Wildman–Crippen MR) is 221 cm³/mol. The zero-order chi connectivity index (χ0) is 38.8. The van der Waals surface area contributed by atoms with Crippen LogP contribution in [-0.2, 0) is 23.1 Å². The van der Waals surface area contributed by atoms with Crippen LogP contribution in [0.2, 0.25) is 0 Å². The number of rotatable bonds is 11. The van der Waals surface area contributed by atoms with Crippen LogP contribution in [-0.4, -0.2) is 44.7 Å². The molecule has 3 aromatic rings. The molecule has 296 valence electrons. The fraction of sp³-hybridized carbons (Fsp3) is 0.500. The summed E-state index contributed by atoms with van der Waals surface area (Å²) < 4.78 is 0. The van der Waals surface area contributed by atoms with Crippen LogP contribution in [0.4, 0.5) is 0 Å². The summed E-state index contributed by atoms with van der Waals surface area (Å²) in [6, 6.07) is 22.6. The zero-order valence-corrected chi connectivity index (χ0v) is 32.7. The number of phenolic OH excluding ortho intramolecular Hbond substituents is 1. The summed E-state index contributed by atoms with van der Waals surface area (Å²) in [6.45, 7) is -0.0619. The summed E-state index contributed by atoms with van der Waals surface area (Å²) in [5, 5.41) is 56.1. The van der Waals surface area contributed by atoms with Crippen molar-refractivity contribution in [2.24, 2.45) is 41.4 Å². The number of aliphatic hydroxyl groups excluding tert-OH is 3. The molecule has 0 aliphatic heterocycles. The van der Waals surface area contributed by atoms with E-state index in [1.807, 2.05) is 24.3 Å². The third kappa shape index (κ3) is 7.52. The van der Waals surface area contributed by atoms with Gasteiger partial charge in [0.25, 0.3) is 0 Å². The van der Waals surface area contributed by atoms with Gasteiger partial charge in [-0.2, -0.15) is 0 Å². The molecule has 0 radical (unpaired) electrons. The average Bonchev–Trinajstić information content (AvgIpc) is 3.67. The molecule has 6 heteroatoms. The summed E-state index contributed by atoms with van der Waals surface area (Å²) in [4.78, 5) is 13.8. The second kappa shape index (κ2) is 16.8. The smallest absolute Gasteiger partial charge is 0.308 e. The van der Waals surface area contributed by atoms with E-state index in [2.05, 4.69) is 54.6 Å². The van der Waals surface area contributed by atoms with Crippen LogP contribution in [0.25, 0.3) is 11.8 Å². The van der Waals surface area contributed by atoms with Crippen molar-refractivity contribution >= 4 is 17.8 Å². The highest BCUT2D eigenvalue weighted by molar-refractivity contribution is 5.74. The Hall–Kier alpha value is -4.13. The molecule has 5 N–H and O–H groups in total. The lowest BCUT2D eigenvalue weighted by atomic mass is 9.46. The standard InChI is InChI=1S/C50H60O6/c51-30-34-15-14-32(24-34)8-3-1-2-4-9-35-11-7-12-39(31-52)47(49(55)56)50-29-45-40(27-38-10-5-6-13-43(38)48(45)54)28-41(50)21-18-37-17-16-33(26-46(37)50)25-44(35)36-19-22-42(53)23-20-36/h5-7,10,12-13,16-17,19-20,22-24,26-27,32,35,39-41,44-45,47,51-54H,1-4,8-9,11,14-15,18,21,25,28-31H2,(H,55,56). The summed E-state index contributed by atoms with van der Waals surface area (Å²) in [5.41, 5.74) is 5.14. The number of aliphatic carboxylic acids is 1. The molecule has 0 amide bonds. The summed E-state index contributed by atoms with van der Waals surface area (Å²) >= 11 is 0.